The highest BCUT2D eigenvalue weighted by atomic mass is 16.5. The van der Waals surface area contributed by atoms with Gasteiger partial charge in [0, 0.05) is 25.8 Å². The fraction of sp³-hybridized carbons (Fsp3) is 0.556. The normalized spacial score (nSPS) is 10.1. The summed E-state index contributed by atoms with van der Waals surface area (Å²) in [4.78, 5) is 8.12. The van der Waals surface area contributed by atoms with Gasteiger partial charge < -0.3 is 15.5 Å². The molecule has 0 radical (unpaired) electrons. The maximum Gasteiger partial charge on any atom is 0.148 e. The Morgan fingerprint density at radius 1 is 1.40 bits per heavy atom. The quantitative estimate of drug-likeness (QED) is 0.361. The van der Waals surface area contributed by atoms with Crippen LogP contribution < -0.4 is 16.6 Å². The molecule has 15 heavy (non-hydrogen) atoms. The van der Waals surface area contributed by atoms with Crippen LogP contribution in [0.25, 0.3) is 0 Å². The number of nitrogen functional groups attached to an aromatic ring is 1. The number of ether oxygens (including phenoxy) is 1. The maximum absolute atomic E-state index is 5.31. The van der Waals surface area contributed by atoms with Crippen LogP contribution in [0.1, 0.15) is 12.0 Å². The molecule has 4 N–H and O–H groups in total. The van der Waals surface area contributed by atoms with Crippen LogP contribution in [0.3, 0.4) is 0 Å². The second-order valence-corrected chi connectivity index (χ2v) is 3.11. The van der Waals surface area contributed by atoms with Gasteiger partial charge in [-0.25, -0.2) is 15.8 Å². The average molecular weight is 211 g/mol. The Hall–Kier alpha value is -1.40. The number of nitrogens with one attached hydrogen (secondary N) is 2. The van der Waals surface area contributed by atoms with Gasteiger partial charge in [0.1, 0.15) is 18.0 Å². The number of aromatic nitrogens is 2. The molecule has 1 rings (SSSR count). The highest BCUT2D eigenvalue weighted by Crippen LogP contribution is 2.16. The van der Waals surface area contributed by atoms with E-state index in [1.54, 1.807) is 7.11 Å². The predicted molar refractivity (Wildman–Crippen MR) is 59.6 cm³/mol. The maximum atomic E-state index is 5.31. The number of methoxy groups -OCH3 is 1. The first kappa shape index (κ1) is 11.7. The van der Waals surface area contributed by atoms with Crippen molar-refractivity contribution in [1.29, 1.82) is 0 Å². The van der Waals surface area contributed by atoms with E-state index >= 15 is 0 Å². The minimum atomic E-state index is 0.638. The lowest BCUT2D eigenvalue weighted by atomic mass is 10.3. The van der Waals surface area contributed by atoms with E-state index in [2.05, 4.69) is 20.7 Å². The van der Waals surface area contributed by atoms with Crippen molar-refractivity contribution in [3.63, 3.8) is 0 Å². The minimum absolute atomic E-state index is 0.638. The summed E-state index contributed by atoms with van der Waals surface area (Å²) in [5, 5.41) is 3.20. The number of rotatable bonds is 6. The molecule has 0 aromatic carbocycles. The highest BCUT2D eigenvalue weighted by Gasteiger charge is 2.04. The number of hydrogen-bond donors (Lipinski definition) is 3. The van der Waals surface area contributed by atoms with E-state index in [1.807, 2.05) is 6.92 Å². The molecular formula is C9H17N5O. The smallest absolute Gasteiger partial charge is 0.148 e. The standard InChI is InChI=1S/C9H17N5O/c1-7-8(11-4-3-5-15-2)12-6-13-9(7)14-10/h6H,3-5,10H2,1-2H3,(H2,11,12,13,14). The summed E-state index contributed by atoms with van der Waals surface area (Å²) in [7, 11) is 1.69. The lowest BCUT2D eigenvalue weighted by Crippen LogP contribution is -2.13. The van der Waals surface area contributed by atoms with Crippen molar-refractivity contribution in [2.45, 2.75) is 13.3 Å². The Kier molecular flexibility index (Phi) is 4.79. The van der Waals surface area contributed by atoms with Gasteiger partial charge in [-0.15, -0.1) is 0 Å². The molecular weight excluding hydrogens is 194 g/mol. The van der Waals surface area contributed by atoms with Crippen LogP contribution in [0.5, 0.6) is 0 Å². The molecule has 0 unspecified atom stereocenters. The molecule has 1 aromatic heterocycles. The van der Waals surface area contributed by atoms with Gasteiger partial charge in [-0.05, 0) is 13.3 Å². The molecule has 0 bridgehead atoms. The van der Waals surface area contributed by atoms with Crippen LogP contribution in [0, 0.1) is 6.92 Å². The summed E-state index contributed by atoms with van der Waals surface area (Å²) in [6, 6.07) is 0. The van der Waals surface area contributed by atoms with Crippen molar-refractivity contribution in [2.24, 2.45) is 5.84 Å². The molecule has 0 aliphatic heterocycles. The fourth-order valence-corrected chi connectivity index (χ4v) is 1.20. The van der Waals surface area contributed by atoms with Gasteiger partial charge in [0.15, 0.2) is 0 Å². The number of hydrogen-bond acceptors (Lipinski definition) is 6. The molecule has 0 saturated heterocycles. The molecule has 1 heterocycles. The van der Waals surface area contributed by atoms with Crippen LogP contribution in [0.4, 0.5) is 11.6 Å². The van der Waals surface area contributed by atoms with Crippen LogP contribution in [0.15, 0.2) is 6.33 Å². The van der Waals surface area contributed by atoms with Crippen molar-refractivity contribution in [2.75, 3.05) is 31.0 Å². The Labute approximate surface area is 89.2 Å². The number of hydrazine groups is 1. The highest BCUT2D eigenvalue weighted by molar-refractivity contribution is 5.55. The lowest BCUT2D eigenvalue weighted by Gasteiger charge is -2.10. The zero-order chi connectivity index (χ0) is 11.1. The number of nitrogens with zero attached hydrogens (tertiary/aromatic N) is 2. The number of anilines is 2. The summed E-state index contributed by atoms with van der Waals surface area (Å²) in [6.07, 6.45) is 2.41. The van der Waals surface area contributed by atoms with E-state index in [0.29, 0.717) is 5.82 Å². The van der Waals surface area contributed by atoms with Gasteiger partial charge in [-0.1, -0.05) is 0 Å². The van der Waals surface area contributed by atoms with E-state index < -0.39 is 0 Å². The molecule has 0 amide bonds. The third kappa shape index (κ3) is 3.34. The van der Waals surface area contributed by atoms with E-state index in [-0.39, 0.29) is 0 Å². The van der Waals surface area contributed by atoms with E-state index in [9.17, 15) is 0 Å². The zero-order valence-corrected chi connectivity index (χ0v) is 9.08. The molecule has 0 saturated carbocycles. The first-order valence-electron chi connectivity index (χ1n) is 4.80. The van der Waals surface area contributed by atoms with E-state index in [4.69, 9.17) is 10.6 Å². The summed E-state index contributed by atoms with van der Waals surface area (Å²) in [6.45, 7) is 3.46. The Bertz CT molecular complexity index is 305. The molecule has 0 atom stereocenters. The Balaban J connectivity index is 2.53. The lowest BCUT2D eigenvalue weighted by molar-refractivity contribution is 0.197. The molecule has 1 aromatic rings. The van der Waals surface area contributed by atoms with Crippen LogP contribution >= 0.6 is 0 Å². The molecule has 0 aliphatic rings. The SMILES string of the molecule is COCCCNc1ncnc(NN)c1C. The summed E-state index contributed by atoms with van der Waals surface area (Å²) >= 11 is 0. The summed E-state index contributed by atoms with van der Waals surface area (Å²) in [5.74, 6) is 6.75. The van der Waals surface area contributed by atoms with Crippen molar-refractivity contribution in [3.05, 3.63) is 11.9 Å². The van der Waals surface area contributed by atoms with Gasteiger partial charge >= 0.3 is 0 Å². The van der Waals surface area contributed by atoms with Crippen LogP contribution in [-0.4, -0.2) is 30.2 Å². The fourth-order valence-electron chi connectivity index (χ4n) is 1.20. The molecule has 0 fully saturated rings. The molecule has 6 nitrogen and oxygen atoms in total. The van der Waals surface area contributed by atoms with Gasteiger partial charge in [0.25, 0.3) is 0 Å². The monoisotopic (exact) mass is 211 g/mol. The average Bonchev–Trinajstić information content (AvgIpc) is 2.26. The van der Waals surface area contributed by atoms with Gasteiger partial charge in [0.05, 0.1) is 0 Å². The van der Waals surface area contributed by atoms with Crippen LogP contribution in [0.2, 0.25) is 0 Å². The van der Waals surface area contributed by atoms with Crippen molar-refractivity contribution < 1.29 is 4.74 Å². The van der Waals surface area contributed by atoms with Gasteiger partial charge in [-0.2, -0.15) is 0 Å². The topological polar surface area (TPSA) is 85.1 Å². The van der Waals surface area contributed by atoms with Gasteiger partial charge in [-0.3, -0.25) is 0 Å². The minimum Gasteiger partial charge on any atom is -0.385 e. The summed E-state index contributed by atoms with van der Waals surface area (Å²) in [5.41, 5.74) is 3.44. The largest absolute Gasteiger partial charge is 0.385 e. The van der Waals surface area contributed by atoms with E-state index in [0.717, 1.165) is 31.0 Å². The van der Waals surface area contributed by atoms with Crippen LogP contribution in [-0.2, 0) is 4.74 Å². The van der Waals surface area contributed by atoms with E-state index in [1.165, 1.54) is 6.33 Å². The Morgan fingerprint density at radius 2 is 2.13 bits per heavy atom. The second kappa shape index (κ2) is 6.15. The molecule has 0 aliphatic carbocycles. The molecule has 0 spiro atoms. The molecule has 84 valence electrons. The summed E-state index contributed by atoms with van der Waals surface area (Å²) < 4.78 is 4.95. The third-order valence-electron chi connectivity index (χ3n) is 2.04. The first-order chi connectivity index (χ1) is 7.29. The van der Waals surface area contributed by atoms with Crippen molar-refractivity contribution in [1.82, 2.24) is 9.97 Å². The van der Waals surface area contributed by atoms with Crippen molar-refractivity contribution in [3.8, 4) is 0 Å². The third-order valence-corrected chi connectivity index (χ3v) is 2.04. The number of nitrogens with two attached hydrogens (primary N) is 1. The Morgan fingerprint density at radius 3 is 2.80 bits per heavy atom. The first-order valence-corrected chi connectivity index (χ1v) is 4.80. The zero-order valence-electron chi connectivity index (χ0n) is 9.08. The second-order valence-electron chi connectivity index (χ2n) is 3.11. The van der Waals surface area contributed by atoms with Crippen molar-refractivity contribution >= 4 is 11.6 Å². The van der Waals surface area contributed by atoms with Gasteiger partial charge in [0.2, 0.25) is 0 Å². The molecule has 6 heteroatoms. The predicted octanol–water partition coefficient (Wildman–Crippen LogP) is 0.519.